The van der Waals surface area contributed by atoms with E-state index in [1.165, 1.54) is 0 Å². The molecule has 1 aliphatic heterocycles. The minimum atomic E-state index is -0.503. The smallest absolute Gasteiger partial charge is 0.262 e. The maximum absolute atomic E-state index is 12.0. The first-order valence-electron chi connectivity index (χ1n) is 6.59. The molecular weight excluding hydrogens is 244 g/mol. The maximum Gasteiger partial charge on any atom is 0.262 e. The van der Waals surface area contributed by atoms with E-state index in [0.717, 1.165) is 5.69 Å². The van der Waals surface area contributed by atoms with Gasteiger partial charge in [-0.15, -0.1) is 0 Å². The van der Waals surface area contributed by atoms with Crippen LogP contribution in [0.3, 0.4) is 0 Å². The molecule has 0 radical (unpaired) electrons. The highest BCUT2D eigenvalue weighted by atomic mass is 16.5. The SMILES string of the molecule is CC(CCO)CNC(=O)C1CNc2ccccc2O1. The fraction of sp³-hybridized carbons (Fsp3) is 0.500. The molecule has 19 heavy (non-hydrogen) atoms. The van der Waals surface area contributed by atoms with Crippen LogP contribution in [0.15, 0.2) is 24.3 Å². The van der Waals surface area contributed by atoms with Crippen LogP contribution in [0.4, 0.5) is 5.69 Å². The summed E-state index contributed by atoms with van der Waals surface area (Å²) in [5.41, 5.74) is 0.917. The minimum Gasteiger partial charge on any atom is -0.477 e. The molecule has 0 fully saturated rings. The summed E-state index contributed by atoms with van der Waals surface area (Å²) in [5, 5.41) is 14.8. The number of ether oxygens (including phenoxy) is 1. The predicted octanol–water partition coefficient (Wildman–Crippen LogP) is 0.994. The van der Waals surface area contributed by atoms with E-state index in [4.69, 9.17) is 9.84 Å². The van der Waals surface area contributed by atoms with E-state index in [0.29, 0.717) is 25.3 Å². The molecule has 0 saturated carbocycles. The van der Waals surface area contributed by atoms with Crippen molar-refractivity contribution in [3.63, 3.8) is 0 Å². The number of benzene rings is 1. The van der Waals surface area contributed by atoms with E-state index in [-0.39, 0.29) is 18.4 Å². The molecule has 1 aromatic rings. The first-order chi connectivity index (χ1) is 9.20. The molecule has 1 aliphatic rings. The summed E-state index contributed by atoms with van der Waals surface area (Å²) in [7, 11) is 0. The quantitative estimate of drug-likeness (QED) is 0.742. The molecule has 5 heteroatoms. The molecule has 0 aliphatic carbocycles. The van der Waals surface area contributed by atoms with Gasteiger partial charge < -0.3 is 20.5 Å². The first-order valence-corrected chi connectivity index (χ1v) is 6.59. The zero-order valence-electron chi connectivity index (χ0n) is 11.1. The Labute approximate surface area is 113 Å². The number of hydrogen-bond acceptors (Lipinski definition) is 4. The van der Waals surface area contributed by atoms with E-state index in [9.17, 15) is 4.79 Å². The molecule has 0 aromatic heterocycles. The van der Waals surface area contributed by atoms with Gasteiger partial charge in [0.25, 0.3) is 5.91 Å². The van der Waals surface area contributed by atoms with Gasteiger partial charge in [-0.25, -0.2) is 0 Å². The number of aliphatic hydroxyl groups excluding tert-OH is 1. The van der Waals surface area contributed by atoms with Gasteiger partial charge in [-0.3, -0.25) is 4.79 Å². The van der Waals surface area contributed by atoms with E-state index in [2.05, 4.69) is 10.6 Å². The van der Waals surface area contributed by atoms with Gasteiger partial charge in [-0.05, 0) is 24.5 Å². The number of carbonyl (C=O) groups is 1. The van der Waals surface area contributed by atoms with Crippen molar-refractivity contribution in [3.8, 4) is 5.75 Å². The highest BCUT2D eigenvalue weighted by Crippen LogP contribution is 2.28. The van der Waals surface area contributed by atoms with E-state index >= 15 is 0 Å². The van der Waals surface area contributed by atoms with Gasteiger partial charge >= 0.3 is 0 Å². The molecule has 0 spiro atoms. The van der Waals surface area contributed by atoms with Crippen molar-refractivity contribution in [2.75, 3.05) is 25.0 Å². The summed E-state index contributed by atoms with van der Waals surface area (Å²) in [6, 6.07) is 7.57. The zero-order valence-corrected chi connectivity index (χ0v) is 11.1. The third-order valence-electron chi connectivity index (χ3n) is 3.17. The Morgan fingerprint density at radius 1 is 1.58 bits per heavy atom. The van der Waals surface area contributed by atoms with Crippen LogP contribution in [0.25, 0.3) is 0 Å². The number of nitrogens with one attached hydrogen (secondary N) is 2. The number of fused-ring (bicyclic) bond motifs is 1. The molecule has 3 N–H and O–H groups in total. The average molecular weight is 264 g/mol. The lowest BCUT2D eigenvalue weighted by molar-refractivity contribution is -0.127. The molecule has 104 valence electrons. The summed E-state index contributed by atoms with van der Waals surface area (Å²) in [5.74, 6) is 0.849. The van der Waals surface area contributed by atoms with Gasteiger partial charge in [0.15, 0.2) is 6.10 Å². The number of rotatable bonds is 5. The molecule has 1 amide bonds. The standard InChI is InChI=1S/C14H20N2O3/c1-10(6-7-17)8-16-14(18)13-9-15-11-4-2-3-5-12(11)19-13/h2-5,10,13,15,17H,6-9H2,1H3,(H,16,18). The van der Waals surface area contributed by atoms with Crippen LogP contribution >= 0.6 is 0 Å². The number of carbonyl (C=O) groups excluding carboxylic acids is 1. The fourth-order valence-corrected chi connectivity index (χ4v) is 1.97. The second-order valence-electron chi connectivity index (χ2n) is 4.85. The Morgan fingerprint density at radius 2 is 2.37 bits per heavy atom. The van der Waals surface area contributed by atoms with Crippen molar-refractivity contribution in [2.45, 2.75) is 19.4 Å². The van der Waals surface area contributed by atoms with Crippen molar-refractivity contribution in [2.24, 2.45) is 5.92 Å². The first kappa shape index (κ1) is 13.7. The molecule has 0 bridgehead atoms. The number of para-hydroxylation sites is 2. The van der Waals surface area contributed by atoms with Crippen LogP contribution < -0.4 is 15.4 Å². The topological polar surface area (TPSA) is 70.6 Å². The van der Waals surface area contributed by atoms with Crippen LogP contribution in [0.1, 0.15) is 13.3 Å². The van der Waals surface area contributed by atoms with Crippen molar-refractivity contribution >= 4 is 11.6 Å². The van der Waals surface area contributed by atoms with Gasteiger partial charge in [0, 0.05) is 13.2 Å². The molecule has 2 unspecified atom stereocenters. The van der Waals surface area contributed by atoms with Gasteiger partial charge in [0.2, 0.25) is 0 Å². The van der Waals surface area contributed by atoms with Crippen LogP contribution in [-0.2, 0) is 4.79 Å². The van der Waals surface area contributed by atoms with Gasteiger partial charge in [-0.2, -0.15) is 0 Å². The van der Waals surface area contributed by atoms with Crippen LogP contribution in [0.5, 0.6) is 5.75 Å². The summed E-state index contributed by atoms with van der Waals surface area (Å²) in [4.78, 5) is 12.0. The lowest BCUT2D eigenvalue weighted by Crippen LogP contribution is -2.45. The van der Waals surface area contributed by atoms with Crippen molar-refractivity contribution in [3.05, 3.63) is 24.3 Å². The monoisotopic (exact) mass is 264 g/mol. The summed E-state index contributed by atoms with van der Waals surface area (Å²) in [6.45, 7) is 3.16. The predicted molar refractivity (Wildman–Crippen MR) is 73.2 cm³/mol. The van der Waals surface area contributed by atoms with Crippen molar-refractivity contribution in [1.29, 1.82) is 0 Å². The van der Waals surface area contributed by atoms with Crippen LogP contribution in [-0.4, -0.2) is 36.8 Å². The lowest BCUT2D eigenvalue weighted by Gasteiger charge is -2.26. The van der Waals surface area contributed by atoms with E-state index in [1.807, 2.05) is 31.2 Å². The second kappa shape index (κ2) is 6.43. The molecule has 2 rings (SSSR count). The zero-order chi connectivity index (χ0) is 13.7. The number of amides is 1. The summed E-state index contributed by atoms with van der Waals surface area (Å²) < 4.78 is 5.66. The Kier molecular flexibility index (Phi) is 4.63. The Morgan fingerprint density at radius 3 is 3.16 bits per heavy atom. The van der Waals surface area contributed by atoms with Crippen LogP contribution in [0.2, 0.25) is 0 Å². The van der Waals surface area contributed by atoms with Crippen molar-refractivity contribution in [1.82, 2.24) is 5.32 Å². The number of aliphatic hydroxyl groups is 1. The average Bonchev–Trinajstić information content (AvgIpc) is 2.44. The molecular formula is C14H20N2O3. The molecule has 5 nitrogen and oxygen atoms in total. The van der Waals surface area contributed by atoms with E-state index in [1.54, 1.807) is 0 Å². The number of anilines is 1. The Hall–Kier alpha value is -1.75. The summed E-state index contributed by atoms with van der Waals surface area (Å²) in [6.07, 6.45) is 0.184. The van der Waals surface area contributed by atoms with Crippen molar-refractivity contribution < 1.29 is 14.6 Å². The fourth-order valence-electron chi connectivity index (χ4n) is 1.97. The Bertz CT molecular complexity index is 436. The highest BCUT2D eigenvalue weighted by molar-refractivity contribution is 5.83. The van der Waals surface area contributed by atoms with E-state index < -0.39 is 6.10 Å². The normalized spacial score (nSPS) is 18.7. The minimum absolute atomic E-state index is 0.119. The maximum atomic E-state index is 12.0. The molecule has 1 heterocycles. The molecule has 0 saturated heterocycles. The number of hydrogen-bond donors (Lipinski definition) is 3. The lowest BCUT2D eigenvalue weighted by atomic mass is 10.1. The van der Waals surface area contributed by atoms with Crippen LogP contribution in [0, 0.1) is 5.92 Å². The van der Waals surface area contributed by atoms with Gasteiger partial charge in [-0.1, -0.05) is 19.1 Å². The second-order valence-corrected chi connectivity index (χ2v) is 4.85. The Balaban J connectivity index is 1.85. The third kappa shape index (κ3) is 3.61. The molecule has 1 aromatic carbocycles. The van der Waals surface area contributed by atoms with Gasteiger partial charge in [0.05, 0.1) is 12.2 Å². The molecule has 2 atom stereocenters. The highest BCUT2D eigenvalue weighted by Gasteiger charge is 2.25. The largest absolute Gasteiger partial charge is 0.477 e. The third-order valence-corrected chi connectivity index (χ3v) is 3.17. The summed E-state index contributed by atoms with van der Waals surface area (Å²) >= 11 is 0. The van der Waals surface area contributed by atoms with Gasteiger partial charge in [0.1, 0.15) is 5.75 Å².